The minimum absolute atomic E-state index is 0.271. The van der Waals surface area contributed by atoms with Gasteiger partial charge in [-0.25, -0.2) is 9.59 Å². The highest BCUT2D eigenvalue weighted by atomic mass is 35.5. The first-order chi connectivity index (χ1) is 14.8. The van der Waals surface area contributed by atoms with E-state index in [-0.39, 0.29) is 18.7 Å². The van der Waals surface area contributed by atoms with Crippen LogP contribution < -0.4 is 15.4 Å². The summed E-state index contributed by atoms with van der Waals surface area (Å²) in [6, 6.07) is 11.4. The number of allylic oxidation sites excluding steroid dienone is 1. The monoisotopic (exact) mass is 462 g/mol. The van der Waals surface area contributed by atoms with E-state index in [2.05, 4.69) is 10.6 Å². The average Bonchev–Trinajstić information content (AvgIpc) is 2.72. The molecule has 0 aromatic heterocycles. The van der Waals surface area contributed by atoms with Gasteiger partial charge in [0.05, 0.1) is 17.7 Å². The topological polar surface area (TPSA) is 76.7 Å². The van der Waals surface area contributed by atoms with Crippen molar-refractivity contribution < 1.29 is 19.1 Å². The van der Waals surface area contributed by atoms with Crippen LogP contribution in [0, 0.1) is 0 Å². The van der Waals surface area contributed by atoms with E-state index in [9.17, 15) is 9.59 Å². The molecule has 1 unspecified atom stereocenters. The predicted octanol–water partition coefficient (Wildman–Crippen LogP) is 5.54. The Morgan fingerprint density at radius 2 is 1.84 bits per heavy atom. The molecule has 2 amide bonds. The molecule has 1 heterocycles. The van der Waals surface area contributed by atoms with Crippen LogP contribution in [0.1, 0.15) is 44.4 Å². The summed E-state index contributed by atoms with van der Waals surface area (Å²) in [5, 5.41) is 6.62. The summed E-state index contributed by atoms with van der Waals surface area (Å²) >= 11 is 12.1. The van der Waals surface area contributed by atoms with Crippen molar-refractivity contribution in [1.82, 2.24) is 10.6 Å². The highest BCUT2D eigenvalue weighted by Gasteiger charge is 2.33. The average molecular weight is 463 g/mol. The van der Waals surface area contributed by atoms with Gasteiger partial charge in [0.25, 0.3) is 0 Å². The van der Waals surface area contributed by atoms with Crippen molar-refractivity contribution in [2.75, 3.05) is 0 Å². The van der Waals surface area contributed by atoms with E-state index in [1.807, 2.05) is 25.1 Å². The minimum Gasteiger partial charge on any atom is -0.489 e. The maximum atomic E-state index is 12.7. The number of urea groups is 1. The van der Waals surface area contributed by atoms with Crippen LogP contribution in [-0.4, -0.2) is 18.1 Å². The van der Waals surface area contributed by atoms with Crippen molar-refractivity contribution in [3.63, 3.8) is 0 Å². The molecule has 31 heavy (non-hydrogen) atoms. The maximum Gasteiger partial charge on any atom is 0.338 e. The lowest BCUT2D eigenvalue weighted by atomic mass is 9.94. The number of carbonyl (C=O) groups is 2. The third-order valence-electron chi connectivity index (χ3n) is 4.69. The standard InChI is InChI=1S/C23H24Cl2N2O4/c1-4-19-20(22(28)31-13(2)3)21(27-23(29)26-19)14-6-9-17(10-7-14)30-12-15-5-8-16(24)11-18(15)25/h5-11,13,21H,4,12H2,1-3H3,(H2,26,27,29). The number of hydrogen-bond donors (Lipinski definition) is 2. The van der Waals surface area contributed by atoms with E-state index in [4.69, 9.17) is 32.7 Å². The largest absolute Gasteiger partial charge is 0.489 e. The van der Waals surface area contributed by atoms with Crippen molar-refractivity contribution in [2.24, 2.45) is 0 Å². The number of ether oxygens (including phenoxy) is 2. The number of carbonyl (C=O) groups excluding carboxylic acids is 2. The molecule has 0 aliphatic carbocycles. The van der Waals surface area contributed by atoms with Crippen molar-refractivity contribution >= 4 is 35.2 Å². The molecule has 0 spiro atoms. The summed E-state index contributed by atoms with van der Waals surface area (Å²) in [7, 11) is 0. The zero-order chi connectivity index (χ0) is 22.5. The fraction of sp³-hybridized carbons (Fsp3) is 0.304. The van der Waals surface area contributed by atoms with Crippen LogP contribution in [0.15, 0.2) is 53.7 Å². The summed E-state index contributed by atoms with van der Waals surface area (Å²) < 4.78 is 11.2. The second-order valence-electron chi connectivity index (χ2n) is 7.32. The molecule has 6 nitrogen and oxygen atoms in total. The van der Waals surface area contributed by atoms with Crippen LogP contribution in [0.4, 0.5) is 4.79 Å². The Morgan fingerprint density at radius 1 is 1.13 bits per heavy atom. The van der Waals surface area contributed by atoms with Crippen LogP contribution >= 0.6 is 23.2 Å². The van der Waals surface area contributed by atoms with Crippen LogP contribution in [0.5, 0.6) is 5.75 Å². The summed E-state index contributed by atoms with van der Waals surface area (Å²) in [6.45, 7) is 5.73. The summed E-state index contributed by atoms with van der Waals surface area (Å²) in [4.78, 5) is 24.9. The first kappa shape index (κ1) is 23.0. The Kier molecular flexibility index (Phi) is 7.46. The normalized spacial score (nSPS) is 16.1. The van der Waals surface area contributed by atoms with Gasteiger partial charge in [0, 0.05) is 21.3 Å². The molecule has 1 aliphatic heterocycles. The molecule has 164 valence electrons. The number of nitrogens with one attached hydrogen (secondary N) is 2. The fourth-order valence-corrected chi connectivity index (χ4v) is 3.68. The quantitative estimate of drug-likeness (QED) is 0.529. The molecule has 2 aromatic carbocycles. The number of amides is 2. The molecule has 1 atom stereocenters. The maximum absolute atomic E-state index is 12.7. The van der Waals surface area contributed by atoms with Gasteiger partial charge >= 0.3 is 12.0 Å². The van der Waals surface area contributed by atoms with E-state index in [0.717, 1.165) is 11.1 Å². The molecule has 3 rings (SSSR count). The molecule has 8 heteroatoms. The van der Waals surface area contributed by atoms with E-state index >= 15 is 0 Å². The number of benzene rings is 2. The molecule has 2 N–H and O–H groups in total. The molecule has 0 bridgehead atoms. The Bertz CT molecular complexity index is 1000. The van der Waals surface area contributed by atoms with Gasteiger partial charge in [0.1, 0.15) is 12.4 Å². The third kappa shape index (κ3) is 5.71. The first-order valence-electron chi connectivity index (χ1n) is 9.96. The third-order valence-corrected chi connectivity index (χ3v) is 5.28. The van der Waals surface area contributed by atoms with Crippen LogP contribution in [-0.2, 0) is 16.1 Å². The van der Waals surface area contributed by atoms with Crippen molar-refractivity contribution in [2.45, 2.75) is 45.9 Å². The molecule has 0 saturated heterocycles. The Hall–Kier alpha value is -2.70. The number of esters is 1. The van der Waals surface area contributed by atoms with Crippen LogP contribution in [0.3, 0.4) is 0 Å². The van der Waals surface area contributed by atoms with E-state index in [1.165, 1.54) is 0 Å². The van der Waals surface area contributed by atoms with Gasteiger partial charge in [0.15, 0.2) is 0 Å². The van der Waals surface area contributed by atoms with Crippen LogP contribution in [0.2, 0.25) is 10.0 Å². The van der Waals surface area contributed by atoms with E-state index < -0.39 is 12.0 Å². The van der Waals surface area contributed by atoms with Gasteiger partial charge in [-0.1, -0.05) is 48.3 Å². The summed E-state index contributed by atoms with van der Waals surface area (Å²) in [6.07, 6.45) is 0.224. The lowest BCUT2D eigenvalue weighted by molar-refractivity contribution is -0.143. The molecule has 0 radical (unpaired) electrons. The van der Waals surface area contributed by atoms with Crippen molar-refractivity contribution in [3.05, 3.63) is 74.9 Å². The highest BCUT2D eigenvalue weighted by Crippen LogP contribution is 2.30. The van der Waals surface area contributed by atoms with E-state index in [0.29, 0.717) is 33.5 Å². The van der Waals surface area contributed by atoms with Gasteiger partial charge in [0.2, 0.25) is 0 Å². The lowest BCUT2D eigenvalue weighted by Crippen LogP contribution is -2.46. The molecule has 0 fully saturated rings. The Balaban J connectivity index is 1.80. The summed E-state index contributed by atoms with van der Waals surface area (Å²) in [5.41, 5.74) is 2.51. The van der Waals surface area contributed by atoms with E-state index in [1.54, 1.807) is 38.1 Å². The van der Waals surface area contributed by atoms with Gasteiger partial charge in [-0.2, -0.15) is 0 Å². The van der Waals surface area contributed by atoms with Gasteiger partial charge in [-0.05, 0) is 50.1 Å². The zero-order valence-corrected chi connectivity index (χ0v) is 19.0. The molecular formula is C23H24Cl2N2O4. The Labute approximate surface area is 191 Å². The second kappa shape index (κ2) is 10.1. The summed E-state index contributed by atoms with van der Waals surface area (Å²) in [5.74, 6) is 0.170. The lowest BCUT2D eigenvalue weighted by Gasteiger charge is -2.29. The fourth-order valence-electron chi connectivity index (χ4n) is 3.22. The minimum atomic E-state index is -0.616. The molecular weight excluding hydrogens is 439 g/mol. The number of halogens is 2. The predicted molar refractivity (Wildman–Crippen MR) is 120 cm³/mol. The Morgan fingerprint density at radius 3 is 2.45 bits per heavy atom. The van der Waals surface area contributed by atoms with Crippen molar-refractivity contribution in [3.8, 4) is 5.75 Å². The molecule has 1 aliphatic rings. The highest BCUT2D eigenvalue weighted by molar-refractivity contribution is 6.35. The SMILES string of the molecule is CCC1=C(C(=O)OC(C)C)C(c2ccc(OCc3ccc(Cl)cc3Cl)cc2)NC(=O)N1. The molecule has 0 saturated carbocycles. The van der Waals surface area contributed by atoms with Gasteiger partial charge in [-0.3, -0.25) is 0 Å². The number of hydrogen-bond acceptors (Lipinski definition) is 4. The first-order valence-corrected chi connectivity index (χ1v) is 10.7. The van der Waals surface area contributed by atoms with Gasteiger partial charge < -0.3 is 20.1 Å². The zero-order valence-electron chi connectivity index (χ0n) is 17.5. The van der Waals surface area contributed by atoms with Crippen molar-refractivity contribution in [1.29, 1.82) is 0 Å². The van der Waals surface area contributed by atoms with Gasteiger partial charge in [-0.15, -0.1) is 0 Å². The number of rotatable bonds is 7. The molecule has 2 aromatic rings. The van der Waals surface area contributed by atoms with Crippen LogP contribution in [0.25, 0.3) is 0 Å². The second-order valence-corrected chi connectivity index (χ2v) is 8.17. The smallest absolute Gasteiger partial charge is 0.338 e.